The zero-order valence-electron chi connectivity index (χ0n) is 53.6. The summed E-state index contributed by atoms with van der Waals surface area (Å²) in [7, 11) is 0. The predicted molar refractivity (Wildman–Crippen MR) is 326 cm³/mol. The molecule has 4 saturated carbocycles. The number of ether oxygens (including phenoxy) is 7. The molecule has 0 radical (unpaired) electrons. The van der Waals surface area contributed by atoms with Crippen LogP contribution in [0.2, 0.25) is 0 Å². The van der Waals surface area contributed by atoms with Crippen molar-refractivity contribution in [2.75, 3.05) is 19.8 Å². The lowest BCUT2D eigenvalue weighted by molar-refractivity contribution is -0.370. The number of hydrogen-bond acceptors (Lipinski definition) is 22. The Labute approximate surface area is 536 Å². The van der Waals surface area contributed by atoms with Gasteiger partial charge in [0, 0.05) is 18.5 Å². The number of aldehydes is 2. The number of phenolic OH excluding ortho intramolecular Hbond substituents is 1. The Morgan fingerprint density at radius 3 is 2.16 bits per heavy atom. The highest BCUT2D eigenvalue weighted by molar-refractivity contribution is 5.94. The summed E-state index contributed by atoms with van der Waals surface area (Å²) in [4.78, 5) is 66.9. The van der Waals surface area contributed by atoms with E-state index in [9.17, 15) is 70.2 Å². The number of carbonyl (C=O) groups is 5. The third-order valence-corrected chi connectivity index (χ3v) is 23.4. The van der Waals surface area contributed by atoms with Crippen LogP contribution in [0.4, 0.5) is 0 Å². The molecule has 24 atom stereocenters. The Hall–Kier alpha value is -5.03. The quantitative estimate of drug-likeness (QED) is 0.0392. The topological polar surface area (TPSA) is 376 Å². The number of hydrogen-bond donors (Lipinski definition) is 12. The van der Waals surface area contributed by atoms with Gasteiger partial charge in [0.05, 0.1) is 48.5 Å². The molecule has 7 fully saturated rings. The normalized spacial score (nSPS) is 42.3. The summed E-state index contributed by atoms with van der Waals surface area (Å²) in [6.45, 7) is 13.5. The number of esters is 1. The van der Waals surface area contributed by atoms with Crippen molar-refractivity contribution in [1.29, 1.82) is 0 Å². The number of nitrogens with one attached hydrogen (secondary N) is 2. The molecule has 5 aliphatic carbocycles. The summed E-state index contributed by atoms with van der Waals surface area (Å²) in [5.41, 5.74) is -1.94. The van der Waals surface area contributed by atoms with Gasteiger partial charge < -0.3 is 99.7 Å². The molecular weight excluding hydrogens is 1200 g/mol. The fourth-order valence-corrected chi connectivity index (χ4v) is 17.7. The minimum absolute atomic E-state index is 0.0298. The Balaban J connectivity index is 0.840. The third-order valence-electron chi connectivity index (χ3n) is 23.4. The molecule has 92 heavy (non-hydrogen) atoms. The van der Waals surface area contributed by atoms with E-state index in [2.05, 4.69) is 51.3 Å². The number of carbonyl (C=O) groups excluding carboxylic acids is 5. The molecule has 12 N–H and O–H groups in total. The van der Waals surface area contributed by atoms with Gasteiger partial charge in [0.15, 0.2) is 25.0 Å². The van der Waals surface area contributed by atoms with Crippen molar-refractivity contribution >= 4 is 30.4 Å². The maximum absolute atomic E-state index is 15.8. The molecule has 3 aliphatic heterocycles. The van der Waals surface area contributed by atoms with E-state index >= 15 is 4.79 Å². The van der Waals surface area contributed by atoms with Crippen molar-refractivity contribution in [3.63, 3.8) is 0 Å². The largest absolute Gasteiger partial charge is 0.507 e. The van der Waals surface area contributed by atoms with E-state index in [1.165, 1.54) is 13.0 Å². The summed E-state index contributed by atoms with van der Waals surface area (Å²) in [5.74, 6) is -2.27. The number of aliphatic hydroxyl groups excluding tert-OH is 9. The summed E-state index contributed by atoms with van der Waals surface area (Å²) in [6, 6.07) is 9.72. The molecule has 3 saturated heterocycles. The first-order valence-electron chi connectivity index (χ1n) is 32.8. The van der Waals surface area contributed by atoms with Crippen LogP contribution in [-0.2, 0) is 49.4 Å². The lowest BCUT2D eigenvalue weighted by Crippen LogP contribution is -2.69. The molecule has 2 aromatic rings. The number of aliphatic hydroxyl groups is 9. The molecule has 24 heteroatoms. The number of aromatic hydroxyl groups is 1. The highest BCUT2D eigenvalue weighted by atomic mass is 16.8. The Morgan fingerprint density at radius 2 is 1.46 bits per heavy atom. The van der Waals surface area contributed by atoms with Crippen molar-refractivity contribution < 1.29 is 108 Å². The fraction of sp³-hybridized carbons (Fsp3) is 0.721. The fourth-order valence-electron chi connectivity index (χ4n) is 17.7. The lowest BCUT2D eigenvalue weighted by Gasteiger charge is -2.71. The van der Waals surface area contributed by atoms with Gasteiger partial charge in [-0.25, -0.2) is 0 Å². The number of phenols is 1. The molecule has 24 nitrogen and oxygen atoms in total. The molecule has 8 aliphatic rings. The molecule has 10 rings (SSSR count). The van der Waals surface area contributed by atoms with E-state index < -0.39 is 151 Å². The van der Waals surface area contributed by atoms with Gasteiger partial charge in [-0.3, -0.25) is 19.2 Å². The first-order chi connectivity index (χ1) is 43.5. The SMILES string of the molecule is CC1O[C@@H](OC2C(O)[C@@H](NC(=O)CCCCCNC(=O)c3ccc(COc4cccc(O)c4C=O)cc3)C(CO)O[C@H]2OC(=O)[C@]23CCC(C)(C)CC2C2=CCC4C5(C)CC[C@H](O)[C@](C)(C=O)[C@@H]5CC[C@]4(C)[C@]2(C)CC3O)C(O)C(O)[C@H]1O[C@@H]1OC[C@@H](O)C(O)C1O. The van der Waals surface area contributed by atoms with E-state index in [0.29, 0.717) is 68.8 Å². The zero-order chi connectivity index (χ0) is 66.6. The van der Waals surface area contributed by atoms with Crippen LogP contribution < -0.4 is 15.4 Å². The lowest BCUT2D eigenvalue weighted by atomic mass is 9.33. The second kappa shape index (κ2) is 27.2. The van der Waals surface area contributed by atoms with E-state index in [1.54, 1.807) is 36.4 Å². The number of allylic oxidation sites excluding steroid dienone is 2. The molecule has 3 heterocycles. The van der Waals surface area contributed by atoms with Gasteiger partial charge in [0.2, 0.25) is 12.2 Å². The van der Waals surface area contributed by atoms with Crippen LogP contribution in [0.3, 0.4) is 0 Å². The van der Waals surface area contributed by atoms with Crippen molar-refractivity contribution in [1.82, 2.24) is 10.6 Å². The Kier molecular flexibility index (Phi) is 20.7. The number of fused-ring (bicyclic) bond motifs is 7. The van der Waals surface area contributed by atoms with Crippen LogP contribution in [0.5, 0.6) is 11.5 Å². The third kappa shape index (κ3) is 12.6. The minimum Gasteiger partial charge on any atom is -0.507 e. The van der Waals surface area contributed by atoms with E-state index in [0.717, 1.165) is 24.7 Å². The maximum atomic E-state index is 15.8. The highest BCUT2D eigenvalue weighted by Crippen LogP contribution is 2.76. The first kappa shape index (κ1) is 69.8. The molecule has 0 aromatic heterocycles. The number of amides is 2. The Bertz CT molecular complexity index is 3020. The van der Waals surface area contributed by atoms with Gasteiger partial charge in [0.1, 0.15) is 78.6 Å². The van der Waals surface area contributed by atoms with E-state index in [-0.39, 0.29) is 78.0 Å². The monoisotopic (exact) mass is 1290 g/mol. The molecule has 0 bridgehead atoms. The maximum Gasteiger partial charge on any atom is 0.317 e. The van der Waals surface area contributed by atoms with Crippen LogP contribution in [0, 0.1) is 50.2 Å². The van der Waals surface area contributed by atoms with Gasteiger partial charge in [-0.15, -0.1) is 0 Å². The van der Waals surface area contributed by atoms with Gasteiger partial charge in [-0.05, 0) is 147 Å². The second-order valence-electron chi connectivity index (χ2n) is 29.2. The van der Waals surface area contributed by atoms with Crippen LogP contribution in [0.15, 0.2) is 54.1 Å². The Morgan fingerprint density at radius 1 is 0.739 bits per heavy atom. The van der Waals surface area contributed by atoms with Crippen molar-refractivity contribution in [3.05, 3.63) is 70.8 Å². The summed E-state index contributed by atoms with van der Waals surface area (Å²) in [5, 5.41) is 118. The van der Waals surface area contributed by atoms with Gasteiger partial charge in [-0.2, -0.15) is 0 Å². The predicted octanol–water partition coefficient (Wildman–Crippen LogP) is 3.17. The molecule has 510 valence electrons. The molecule has 12 unspecified atom stereocenters. The van der Waals surface area contributed by atoms with Crippen molar-refractivity contribution in [3.8, 4) is 11.5 Å². The van der Waals surface area contributed by atoms with Crippen molar-refractivity contribution in [2.45, 2.75) is 237 Å². The number of benzene rings is 2. The number of rotatable bonds is 20. The standard InChI is InChI=1S/C68H96N2O22/c1-35-56(90-59-54(82)51(79)42(75)33-87-59)53(81)55(83)60(88-35)91-57-52(80)50(70-49(78)14-9-8-10-27-69-58(84)37-17-15-36(16-18-37)32-86-43-13-11-12-41(74)38(43)30-71)44(31-72)89-61(57)92-62(85)68-26-25-63(2,3)28-40(68)39-19-20-46-64(4)23-22-47(76)65(5,34-73)45(64)21-24-66(46,6)67(39,7)29-48(68)77/h11-13,15-19,30,34-35,40,42,44-48,50-57,59-61,72,74-77,79-83H,8-10,14,20-29,31-33H2,1-7H3,(H,69,84)(H,70,78)/t35?,40?,42-,44?,45-,46?,47+,48?,50+,51?,52?,53?,54?,55?,56+,57?,59+,60+,61+,64?,65-,66+,67-,68-/m1/s1. The van der Waals surface area contributed by atoms with Crippen LogP contribution in [-0.4, -0.2) is 199 Å². The van der Waals surface area contributed by atoms with Crippen LogP contribution in [0.25, 0.3) is 0 Å². The molecular formula is C68H96N2O22. The van der Waals surface area contributed by atoms with Gasteiger partial charge in [0.25, 0.3) is 5.91 Å². The van der Waals surface area contributed by atoms with Gasteiger partial charge in [-0.1, -0.05) is 77.8 Å². The van der Waals surface area contributed by atoms with E-state index in [4.69, 9.17) is 33.2 Å². The summed E-state index contributed by atoms with van der Waals surface area (Å²) >= 11 is 0. The average molecular weight is 1290 g/mol. The van der Waals surface area contributed by atoms with Crippen LogP contribution in [0.1, 0.15) is 158 Å². The number of unbranched alkanes of at least 4 members (excludes halogenated alkanes) is 2. The summed E-state index contributed by atoms with van der Waals surface area (Å²) in [6.07, 6.45) is -14.1. The molecule has 2 aromatic carbocycles. The summed E-state index contributed by atoms with van der Waals surface area (Å²) < 4.78 is 42.3. The molecule has 0 spiro atoms. The van der Waals surface area contributed by atoms with Gasteiger partial charge >= 0.3 is 5.97 Å². The van der Waals surface area contributed by atoms with Crippen molar-refractivity contribution in [2.24, 2.45) is 50.2 Å². The average Bonchev–Trinajstić information content (AvgIpc) is 0.673. The second-order valence-corrected chi connectivity index (χ2v) is 29.2. The van der Waals surface area contributed by atoms with E-state index in [1.807, 2.05) is 6.92 Å². The zero-order valence-corrected chi connectivity index (χ0v) is 53.6. The molecule has 2 amide bonds. The highest BCUT2D eigenvalue weighted by Gasteiger charge is 2.72. The first-order valence-corrected chi connectivity index (χ1v) is 32.8. The smallest absolute Gasteiger partial charge is 0.317 e. The van der Waals surface area contributed by atoms with Crippen LogP contribution >= 0.6 is 0 Å². The minimum atomic E-state index is -1.99.